The first-order valence-electron chi connectivity index (χ1n) is 23.9. The Labute approximate surface area is 389 Å². The topological polar surface area (TPSA) is 34.5 Å². The summed E-state index contributed by atoms with van der Waals surface area (Å²) < 4.78 is 19.5. The van der Waals surface area contributed by atoms with Crippen LogP contribution in [0.2, 0.25) is 0 Å². The molecule has 0 radical (unpaired) electrons. The number of thiophene rings is 1. The standard InChI is InChI=1S/C60H53BN2O2S/c1-57(2,3)32-19-22-34(23-20-32)63-44-31-47-37(35-15-11-13-17-45(35)64-47)28-38(44)49-50-36-16-12-14-18-46(36)65-55(50)51-39-29-41-42(60(9,10)26-25-59(41,7)8)30-43(39)62-53-40-27-33(58(4,5)6)21-24-48(40)66-56(53)61(63)52(49)54(51)62/h11-24,27-31H,25-26H2,1-10H3. The molecule has 0 atom stereocenters. The molecule has 4 aromatic heterocycles. The quantitative estimate of drug-likeness (QED) is 0.154. The van der Waals surface area contributed by atoms with E-state index in [1.54, 1.807) is 0 Å². The van der Waals surface area contributed by atoms with Gasteiger partial charge >= 0.3 is 6.85 Å². The van der Waals surface area contributed by atoms with Crippen LogP contribution in [-0.4, -0.2) is 11.4 Å². The molecule has 1 aliphatic carbocycles. The van der Waals surface area contributed by atoms with E-state index in [-0.39, 0.29) is 28.5 Å². The average molecular weight is 877 g/mol. The average Bonchev–Trinajstić information content (AvgIpc) is 4.04. The Morgan fingerprint density at radius 2 is 1.24 bits per heavy atom. The summed E-state index contributed by atoms with van der Waals surface area (Å²) >= 11 is 1.97. The molecule has 0 amide bonds. The van der Waals surface area contributed by atoms with Crippen molar-refractivity contribution in [3.05, 3.63) is 138 Å². The molecule has 324 valence electrons. The third-order valence-corrected chi connectivity index (χ3v) is 17.3. The van der Waals surface area contributed by atoms with Gasteiger partial charge in [-0.3, -0.25) is 0 Å². The van der Waals surface area contributed by atoms with E-state index >= 15 is 0 Å². The number of furan rings is 2. The van der Waals surface area contributed by atoms with Gasteiger partial charge in [0, 0.05) is 64.8 Å². The number of fused-ring (bicyclic) bond motifs is 19. The third kappa shape index (κ3) is 4.96. The first kappa shape index (κ1) is 39.0. The molecule has 6 heteroatoms. The van der Waals surface area contributed by atoms with Crippen molar-refractivity contribution in [2.45, 2.75) is 104 Å². The summed E-state index contributed by atoms with van der Waals surface area (Å²) in [6.45, 7) is 23.6. The van der Waals surface area contributed by atoms with E-state index in [4.69, 9.17) is 8.83 Å². The van der Waals surface area contributed by atoms with Crippen molar-refractivity contribution in [3.63, 3.8) is 0 Å². The maximum atomic E-state index is 7.34. The van der Waals surface area contributed by atoms with Crippen molar-refractivity contribution in [1.82, 2.24) is 4.57 Å². The van der Waals surface area contributed by atoms with Gasteiger partial charge in [0.15, 0.2) is 0 Å². The minimum Gasteiger partial charge on any atom is -0.456 e. The summed E-state index contributed by atoms with van der Waals surface area (Å²) in [5.74, 6) is 0. The molecule has 0 fully saturated rings. The number of anilines is 2. The molecule has 3 aliphatic rings. The number of benzene rings is 7. The van der Waals surface area contributed by atoms with E-state index in [9.17, 15) is 0 Å². The number of hydrogen-bond acceptors (Lipinski definition) is 4. The van der Waals surface area contributed by atoms with Gasteiger partial charge in [0.1, 0.15) is 22.3 Å². The second-order valence-corrected chi connectivity index (χ2v) is 24.2. The highest BCUT2D eigenvalue weighted by Gasteiger charge is 2.48. The normalized spacial score (nSPS) is 16.4. The lowest BCUT2D eigenvalue weighted by Crippen LogP contribution is -2.59. The fourth-order valence-corrected chi connectivity index (χ4v) is 13.7. The van der Waals surface area contributed by atoms with Crippen LogP contribution < -0.4 is 15.1 Å². The zero-order valence-electron chi connectivity index (χ0n) is 39.6. The number of aromatic nitrogens is 1. The molecule has 14 rings (SSSR count). The first-order valence-corrected chi connectivity index (χ1v) is 24.7. The number of nitrogens with zero attached hydrogens (tertiary/aromatic N) is 2. The maximum Gasteiger partial charge on any atom is 0.343 e. The molecule has 6 heterocycles. The van der Waals surface area contributed by atoms with E-state index in [1.165, 1.54) is 92.3 Å². The van der Waals surface area contributed by atoms with Crippen molar-refractivity contribution < 1.29 is 8.83 Å². The second kappa shape index (κ2) is 12.4. The van der Waals surface area contributed by atoms with E-state index in [1.807, 2.05) is 11.3 Å². The lowest BCUT2D eigenvalue weighted by atomic mass is 9.47. The van der Waals surface area contributed by atoms with Gasteiger partial charge in [-0.05, 0) is 122 Å². The van der Waals surface area contributed by atoms with Crippen molar-refractivity contribution in [1.29, 1.82) is 0 Å². The Morgan fingerprint density at radius 1 is 0.591 bits per heavy atom. The summed E-state index contributed by atoms with van der Waals surface area (Å²) in [6.07, 6.45) is 2.31. The van der Waals surface area contributed by atoms with Crippen LogP contribution in [0.4, 0.5) is 11.4 Å². The van der Waals surface area contributed by atoms with Crippen molar-refractivity contribution in [2.75, 3.05) is 4.81 Å². The number of para-hydroxylation sites is 2. The second-order valence-electron chi connectivity index (χ2n) is 23.1. The van der Waals surface area contributed by atoms with Crippen molar-refractivity contribution in [2.24, 2.45) is 0 Å². The van der Waals surface area contributed by atoms with Crippen LogP contribution in [-0.2, 0) is 21.7 Å². The lowest BCUT2D eigenvalue weighted by molar-refractivity contribution is 0.332. The minimum absolute atomic E-state index is 0.0168. The highest BCUT2D eigenvalue weighted by atomic mass is 32.1. The van der Waals surface area contributed by atoms with Gasteiger partial charge in [-0.15, -0.1) is 11.3 Å². The summed E-state index contributed by atoms with van der Waals surface area (Å²) in [6, 6.07) is 43.9. The Hall–Kier alpha value is -6.24. The Morgan fingerprint density at radius 3 is 1.95 bits per heavy atom. The van der Waals surface area contributed by atoms with Crippen LogP contribution in [0, 0.1) is 0 Å². The van der Waals surface area contributed by atoms with E-state index in [0.29, 0.717) is 0 Å². The molecule has 7 aromatic carbocycles. The smallest absolute Gasteiger partial charge is 0.343 e. The molecule has 2 aliphatic heterocycles. The zero-order chi connectivity index (χ0) is 45.1. The fraction of sp³-hybridized carbons (Fsp3) is 0.267. The number of rotatable bonds is 1. The SMILES string of the molecule is CC(C)(C)c1ccc(N2B3c4sc5ccc(C(C)(C)C)cc5c4-n4c5cc6c(cc5c5c7oc8ccccc8c7c(c3c54)-c3cc4c(cc32)oc2ccccc24)C(C)(C)CCC6(C)C)cc1. The van der Waals surface area contributed by atoms with Crippen LogP contribution >= 0.6 is 11.3 Å². The molecule has 0 N–H and O–H groups in total. The maximum absolute atomic E-state index is 7.34. The van der Waals surface area contributed by atoms with Crippen LogP contribution in [0.15, 0.2) is 124 Å². The molecular weight excluding hydrogens is 824 g/mol. The molecule has 11 aromatic rings. The summed E-state index contributed by atoms with van der Waals surface area (Å²) in [4.78, 5) is 2.67. The molecule has 4 nitrogen and oxygen atoms in total. The Balaban J connectivity index is 1.25. The summed E-state index contributed by atoms with van der Waals surface area (Å²) in [5, 5.41) is 8.44. The molecule has 0 saturated heterocycles. The van der Waals surface area contributed by atoms with Gasteiger partial charge in [-0.25, -0.2) is 0 Å². The molecule has 0 unspecified atom stereocenters. The summed E-state index contributed by atoms with van der Waals surface area (Å²) in [7, 11) is 0. The van der Waals surface area contributed by atoms with E-state index < -0.39 is 0 Å². The van der Waals surface area contributed by atoms with Crippen molar-refractivity contribution >= 4 is 116 Å². The molecular formula is C60H53BN2O2S. The third-order valence-electron chi connectivity index (χ3n) is 16.1. The molecule has 0 saturated carbocycles. The number of hydrogen-bond donors (Lipinski definition) is 0. The highest BCUT2D eigenvalue weighted by molar-refractivity contribution is 7.32. The molecule has 66 heavy (non-hydrogen) atoms. The molecule has 0 spiro atoms. The van der Waals surface area contributed by atoms with Crippen LogP contribution in [0.1, 0.15) is 104 Å². The van der Waals surface area contributed by atoms with E-state index in [2.05, 4.69) is 194 Å². The monoisotopic (exact) mass is 876 g/mol. The summed E-state index contributed by atoms with van der Waals surface area (Å²) in [5.41, 5.74) is 19.4. The fourth-order valence-electron chi connectivity index (χ4n) is 12.4. The van der Waals surface area contributed by atoms with Gasteiger partial charge < -0.3 is 18.2 Å². The predicted octanol–water partition coefficient (Wildman–Crippen LogP) is 16.0. The zero-order valence-corrected chi connectivity index (χ0v) is 40.4. The van der Waals surface area contributed by atoms with Gasteiger partial charge in [0.25, 0.3) is 0 Å². The van der Waals surface area contributed by atoms with Gasteiger partial charge in [0.05, 0.1) is 22.1 Å². The largest absolute Gasteiger partial charge is 0.456 e. The predicted molar refractivity (Wildman–Crippen MR) is 282 cm³/mol. The highest BCUT2D eigenvalue weighted by Crippen LogP contribution is 2.55. The van der Waals surface area contributed by atoms with Crippen LogP contribution in [0.25, 0.3) is 92.6 Å². The van der Waals surface area contributed by atoms with Crippen molar-refractivity contribution in [3.8, 4) is 16.8 Å². The minimum atomic E-state index is -0.139. The Kier molecular flexibility index (Phi) is 7.32. The van der Waals surface area contributed by atoms with Gasteiger partial charge in [-0.2, -0.15) is 0 Å². The Bertz CT molecular complexity index is 3970. The van der Waals surface area contributed by atoms with Gasteiger partial charge in [0.2, 0.25) is 0 Å². The molecule has 0 bridgehead atoms. The van der Waals surface area contributed by atoms with Gasteiger partial charge in [-0.1, -0.05) is 124 Å². The van der Waals surface area contributed by atoms with E-state index in [0.717, 1.165) is 57.0 Å². The van der Waals surface area contributed by atoms with Crippen LogP contribution in [0.5, 0.6) is 0 Å². The van der Waals surface area contributed by atoms with Crippen LogP contribution in [0.3, 0.4) is 0 Å². The first-order chi connectivity index (χ1) is 31.5. The lowest BCUT2D eigenvalue weighted by Gasteiger charge is -2.42.